The van der Waals surface area contributed by atoms with Crippen molar-refractivity contribution in [1.82, 2.24) is 10.1 Å². The van der Waals surface area contributed by atoms with Crippen LogP contribution in [-0.2, 0) is 0 Å². The van der Waals surface area contributed by atoms with Crippen molar-refractivity contribution in [3.8, 4) is 11.5 Å². The summed E-state index contributed by atoms with van der Waals surface area (Å²) in [5.74, 6) is 2.05. The van der Waals surface area contributed by atoms with E-state index in [9.17, 15) is 0 Å². The fourth-order valence-corrected chi connectivity index (χ4v) is 2.16. The molecular formula is C14H17N3O. The minimum atomic E-state index is 0.496. The lowest BCUT2D eigenvalue weighted by molar-refractivity contribution is 0.425. The highest BCUT2D eigenvalue weighted by atomic mass is 16.5. The van der Waals surface area contributed by atoms with E-state index in [2.05, 4.69) is 28.4 Å². The number of para-hydroxylation sites is 1. The quantitative estimate of drug-likeness (QED) is 0.895. The molecule has 1 fully saturated rings. The Bertz CT molecular complexity index is 545. The Morgan fingerprint density at radius 2 is 2.11 bits per heavy atom. The second kappa shape index (κ2) is 4.44. The van der Waals surface area contributed by atoms with Crippen LogP contribution in [-0.4, -0.2) is 16.2 Å². The fourth-order valence-electron chi connectivity index (χ4n) is 2.16. The number of aryl methyl sites for hydroxylation is 1. The molecular weight excluding hydrogens is 226 g/mol. The average molecular weight is 243 g/mol. The molecule has 1 heterocycles. The van der Waals surface area contributed by atoms with Crippen molar-refractivity contribution < 1.29 is 4.52 Å². The summed E-state index contributed by atoms with van der Waals surface area (Å²) in [6.45, 7) is 4.06. The first kappa shape index (κ1) is 11.3. The van der Waals surface area contributed by atoms with Crippen LogP contribution in [0.25, 0.3) is 11.5 Å². The minimum Gasteiger partial charge on any atom is -0.382 e. The van der Waals surface area contributed by atoms with Gasteiger partial charge in [-0.05, 0) is 44.7 Å². The largest absolute Gasteiger partial charge is 0.382 e. The number of hydrogen-bond donors (Lipinski definition) is 1. The predicted octanol–water partition coefficient (Wildman–Crippen LogP) is 3.26. The lowest BCUT2D eigenvalue weighted by atomic mass is 10.1. The summed E-state index contributed by atoms with van der Waals surface area (Å²) in [6, 6.07) is 8.58. The molecule has 4 nitrogen and oxygen atoms in total. The van der Waals surface area contributed by atoms with Crippen LogP contribution in [0.4, 0.5) is 5.69 Å². The maximum absolute atomic E-state index is 5.25. The molecule has 4 heteroatoms. The van der Waals surface area contributed by atoms with Gasteiger partial charge in [0.25, 0.3) is 5.89 Å². The molecule has 1 aromatic heterocycles. The molecule has 0 radical (unpaired) electrons. The van der Waals surface area contributed by atoms with E-state index in [-0.39, 0.29) is 0 Å². The first-order valence-corrected chi connectivity index (χ1v) is 6.40. The monoisotopic (exact) mass is 243 g/mol. The molecule has 0 spiro atoms. The highest BCUT2D eigenvalue weighted by Gasteiger charge is 2.28. The van der Waals surface area contributed by atoms with Crippen molar-refractivity contribution in [3.05, 3.63) is 30.1 Å². The molecule has 1 aliphatic carbocycles. The van der Waals surface area contributed by atoms with Gasteiger partial charge in [-0.3, -0.25) is 0 Å². The van der Waals surface area contributed by atoms with Crippen LogP contribution >= 0.6 is 0 Å². The van der Waals surface area contributed by atoms with Crippen LogP contribution in [0, 0.1) is 12.8 Å². The van der Waals surface area contributed by atoms with Crippen LogP contribution in [0.3, 0.4) is 0 Å². The Hall–Kier alpha value is -1.84. The van der Waals surface area contributed by atoms with Gasteiger partial charge in [-0.15, -0.1) is 0 Å². The fraction of sp³-hybridized carbons (Fsp3) is 0.429. The second-order valence-corrected chi connectivity index (χ2v) is 4.96. The molecule has 0 bridgehead atoms. The van der Waals surface area contributed by atoms with Gasteiger partial charge in [0.05, 0.1) is 5.56 Å². The van der Waals surface area contributed by atoms with Gasteiger partial charge in [-0.1, -0.05) is 17.3 Å². The van der Waals surface area contributed by atoms with Crippen LogP contribution in [0.5, 0.6) is 0 Å². The molecule has 18 heavy (non-hydrogen) atoms. The number of hydrogen-bond acceptors (Lipinski definition) is 4. The number of aromatic nitrogens is 2. The summed E-state index contributed by atoms with van der Waals surface area (Å²) in [6.07, 6.45) is 2.66. The van der Waals surface area contributed by atoms with Gasteiger partial charge in [0.1, 0.15) is 0 Å². The SMILES string of the molecule is Cc1noc(-c2ccccc2NC(C)C2CC2)n1. The topological polar surface area (TPSA) is 51.0 Å². The Morgan fingerprint density at radius 1 is 1.33 bits per heavy atom. The molecule has 2 aromatic rings. The Labute approximate surface area is 106 Å². The third-order valence-corrected chi connectivity index (χ3v) is 3.40. The second-order valence-electron chi connectivity index (χ2n) is 4.96. The first-order valence-electron chi connectivity index (χ1n) is 6.40. The summed E-state index contributed by atoms with van der Waals surface area (Å²) >= 11 is 0. The summed E-state index contributed by atoms with van der Waals surface area (Å²) in [5, 5.41) is 7.40. The van der Waals surface area contributed by atoms with Crippen molar-refractivity contribution >= 4 is 5.69 Å². The van der Waals surface area contributed by atoms with Gasteiger partial charge in [-0.25, -0.2) is 0 Å². The first-order chi connectivity index (χ1) is 8.74. The van der Waals surface area contributed by atoms with E-state index in [0.29, 0.717) is 17.8 Å². The molecule has 0 aliphatic heterocycles. The van der Waals surface area contributed by atoms with Gasteiger partial charge >= 0.3 is 0 Å². The lowest BCUT2D eigenvalue weighted by Gasteiger charge is -2.16. The number of anilines is 1. The predicted molar refractivity (Wildman–Crippen MR) is 70.3 cm³/mol. The van der Waals surface area contributed by atoms with Crippen LogP contribution < -0.4 is 5.32 Å². The van der Waals surface area contributed by atoms with Crippen molar-refractivity contribution in [2.75, 3.05) is 5.32 Å². The zero-order chi connectivity index (χ0) is 12.5. The molecule has 1 aromatic carbocycles. The normalized spacial score (nSPS) is 16.6. The van der Waals surface area contributed by atoms with Crippen molar-refractivity contribution in [1.29, 1.82) is 0 Å². The van der Waals surface area contributed by atoms with Crippen molar-refractivity contribution in [3.63, 3.8) is 0 Å². The third kappa shape index (κ3) is 2.23. The van der Waals surface area contributed by atoms with Crippen molar-refractivity contribution in [2.24, 2.45) is 5.92 Å². The molecule has 0 amide bonds. The molecule has 1 unspecified atom stereocenters. The summed E-state index contributed by atoms with van der Waals surface area (Å²) < 4.78 is 5.25. The van der Waals surface area contributed by atoms with Gasteiger partial charge in [0, 0.05) is 11.7 Å². The van der Waals surface area contributed by atoms with E-state index in [1.807, 2.05) is 25.1 Å². The molecule has 1 atom stereocenters. The van der Waals surface area contributed by atoms with E-state index < -0.39 is 0 Å². The number of rotatable bonds is 4. The van der Waals surface area contributed by atoms with Gasteiger partial charge < -0.3 is 9.84 Å². The van der Waals surface area contributed by atoms with E-state index in [4.69, 9.17) is 4.52 Å². The Balaban J connectivity index is 1.89. The van der Waals surface area contributed by atoms with E-state index in [0.717, 1.165) is 17.2 Å². The highest BCUT2D eigenvalue weighted by Crippen LogP contribution is 2.35. The standard InChI is InChI=1S/C14H17N3O/c1-9(11-7-8-11)15-13-6-4-3-5-12(13)14-16-10(2)17-18-14/h3-6,9,11,15H,7-8H2,1-2H3. The number of benzene rings is 1. The van der Waals surface area contributed by atoms with Crippen molar-refractivity contribution in [2.45, 2.75) is 32.7 Å². The minimum absolute atomic E-state index is 0.496. The maximum Gasteiger partial charge on any atom is 0.260 e. The van der Waals surface area contributed by atoms with Gasteiger partial charge in [-0.2, -0.15) is 4.98 Å². The van der Waals surface area contributed by atoms with Crippen LogP contribution in [0.15, 0.2) is 28.8 Å². The summed E-state index contributed by atoms with van der Waals surface area (Å²) in [7, 11) is 0. The zero-order valence-electron chi connectivity index (χ0n) is 10.7. The molecule has 0 saturated heterocycles. The zero-order valence-corrected chi connectivity index (χ0v) is 10.7. The van der Waals surface area contributed by atoms with Gasteiger partial charge in [0.2, 0.25) is 0 Å². The number of nitrogens with one attached hydrogen (secondary N) is 1. The molecule has 1 aliphatic rings. The van der Waals surface area contributed by atoms with Crippen LogP contribution in [0.2, 0.25) is 0 Å². The Morgan fingerprint density at radius 3 is 2.78 bits per heavy atom. The van der Waals surface area contributed by atoms with Crippen LogP contribution in [0.1, 0.15) is 25.6 Å². The molecule has 1 saturated carbocycles. The number of nitrogens with zero attached hydrogens (tertiary/aromatic N) is 2. The van der Waals surface area contributed by atoms with Gasteiger partial charge in [0.15, 0.2) is 5.82 Å². The van der Waals surface area contributed by atoms with E-state index in [1.54, 1.807) is 0 Å². The highest BCUT2D eigenvalue weighted by molar-refractivity contribution is 5.72. The summed E-state index contributed by atoms with van der Waals surface area (Å²) in [5.41, 5.74) is 2.05. The molecule has 1 N–H and O–H groups in total. The lowest BCUT2D eigenvalue weighted by Crippen LogP contribution is -2.17. The van der Waals surface area contributed by atoms with E-state index in [1.165, 1.54) is 12.8 Å². The summed E-state index contributed by atoms with van der Waals surface area (Å²) in [4.78, 5) is 4.29. The molecule has 3 rings (SSSR count). The third-order valence-electron chi connectivity index (χ3n) is 3.40. The maximum atomic E-state index is 5.25. The average Bonchev–Trinajstić information content (AvgIpc) is 3.13. The van der Waals surface area contributed by atoms with E-state index >= 15 is 0 Å². The Kier molecular flexibility index (Phi) is 2.78. The molecule has 94 valence electrons. The smallest absolute Gasteiger partial charge is 0.260 e.